The van der Waals surface area contributed by atoms with Gasteiger partial charge in [-0.05, 0) is 62.0 Å². The number of aromatic amines is 1. The molecule has 4 amide bonds. The Bertz CT molecular complexity index is 1010. The molecule has 2 N–H and O–H groups in total. The fraction of sp³-hybridized carbons (Fsp3) is 0.542. The number of amides is 4. The fourth-order valence-corrected chi connectivity index (χ4v) is 5.52. The van der Waals surface area contributed by atoms with Gasteiger partial charge >= 0.3 is 6.03 Å². The van der Waals surface area contributed by atoms with Gasteiger partial charge in [0.25, 0.3) is 5.91 Å². The lowest BCUT2D eigenvalue weighted by Crippen LogP contribution is -2.50. The van der Waals surface area contributed by atoms with E-state index in [0.717, 1.165) is 36.1 Å². The summed E-state index contributed by atoms with van der Waals surface area (Å²) in [6.45, 7) is 3.32. The van der Waals surface area contributed by atoms with Gasteiger partial charge in [0.05, 0.1) is 0 Å². The molecule has 1 aromatic carbocycles. The van der Waals surface area contributed by atoms with Crippen molar-refractivity contribution in [3.05, 3.63) is 36.0 Å². The molecule has 7 nitrogen and oxygen atoms in total. The van der Waals surface area contributed by atoms with Crippen molar-refractivity contribution < 1.29 is 14.4 Å². The highest BCUT2D eigenvalue weighted by Crippen LogP contribution is 2.37. The molecule has 1 saturated carbocycles. The first-order valence-electron chi connectivity index (χ1n) is 11.4. The number of hydrogen-bond acceptors (Lipinski definition) is 3. The van der Waals surface area contributed by atoms with Crippen LogP contribution in [0.1, 0.15) is 56.9 Å². The summed E-state index contributed by atoms with van der Waals surface area (Å²) in [5.41, 5.74) is 1.66. The SMILES string of the molecule is CC1CCC2(CC1)NC(=O)N(CC(=O)N1CCC(c3c[nH]c4ccccc34)CC1)C2=O. The molecule has 2 saturated heterocycles. The molecule has 1 spiro atoms. The van der Waals surface area contributed by atoms with E-state index in [0.29, 0.717) is 37.8 Å². The van der Waals surface area contributed by atoms with E-state index in [9.17, 15) is 14.4 Å². The molecule has 3 heterocycles. The first-order valence-corrected chi connectivity index (χ1v) is 11.4. The Labute approximate surface area is 182 Å². The average Bonchev–Trinajstić information content (AvgIpc) is 3.31. The number of H-pyrrole nitrogens is 1. The van der Waals surface area contributed by atoms with Gasteiger partial charge in [-0.2, -0.15) is 0 Å². The molecule has 3 fully saturated rings. The van der Waals surface area contributed by atoms with Gasteiger partial charge < -0.3 is 15.2 Å². The summed E-state index contributed by atoms with van der Waals surface area (Å²) in [6, 6.07) is 7.88. The lowest BCUT2D eigenvalue weighted by molar-refractivity contribution is -0.140. The zero-order chi connectivity index (χ0) is 21.6. The zero-order valence-electron chi connectivity index (χ0n) is 18.0. The summed E-state index contributed by atoms with van der Waals surface area (Å²) in [4.78, 5) is 44.7. The van der Waals surface area contributed by atoms with Crippen LogP contribution in [-0.4, -0.2) is 57.8 Å². The minimum Gasteiger partial charge on any atom is -0.361 e. The highest BCUT2D eigenvalue weighted by atomic mass is 16.2. The number of benzene rings is 1. The van der Waals surface area contributed by atoms with Crippen LogP contribution in [-0.2, 0) is 9.59 Å². The third kappa shape index (κ3) is 3.50. The molecular formula is C24H30N4O3. The first kappa shape index (κ1) is 20.1. The van der Waals surface area contributed by atoms with Crippen molar-refractivity contribution >= 4 is 28.7 Å². The van der Waals surface area contributed by atoms with Gasteiger partial charge in [0.2, 0.25) is 5.91 Å². The Kier molecular flexibility index (Phi) is 4.99. The van der Waals surface area contributed by atoms with E-state index in [1.54, 1.807) is 4.90 Å². The molecule has 0 atom stereocenters. The number of carbonyl (C=O) groups excluding carboxylic acids is 3. The first-order chi connectivity index (χ1) is 15.0. The zero-order valence-corrected chi connectivity index (χ0v) is 18.0. The number of nitrogens with zero attached hydrogens (tertiary/aromatic N) is 2. The number of hydrogen-bond donors (Lipinski definition) is 2. The quantitative estimate of drug-likeness (QED) is 0.744. The van der Waals surface area contributed by atoms with E-state index in [2.05, 4.69) is 41.6 Å². The second-order valence-corrected chi connectivity index (χ2v) is 9.53. The van der Waals surface area contributed by atoms with Gasteiger partial charge in [-0.1, -0.05) is 25.1 Å². The summed E-state index contributed by atoms with van der Waals surface area (Å²) >= 11 is 0. The van der Waals surface area contributed by atoms with Gasteiger partial charge in [-0.3, -0.25) is 14.5 Å². The molecule has 0 unspecified atom stereocenters. The van der Waals surface area contributed by atoms with Crippen molar-refractivity contribution in [2.24, 2.45) is 5.92 Å². The lowest BCUT2D eigenvalue weighted by Gasteiger charge is -2.34. The van der Waals surface area contributed by atoms with E-state index in [1.807, 2.05) is 6.07 Å². The Morgan fingerprint density at radius 2 is 1.81 bits per heavy atom. The number of imide groups is 1. The number of para-hydroxylation sites is 1. The largest absolute Gasteiger partial charge is 0.361 e. The Morgan fingerprint density at radius 3 is 2.55 bits per heavy atom. The minimum atomic E-state index is -0.786. The summed E-state index contributed by atoms with van der Waals surface area (Å²) in [5, 5.41) is 4.15. The third-order valence-electron chi connectivity index (χ3n) is 7.58. The molecule has 5 rings (SSSR count). The normalized spacial score (nSPS) is 27.3. The Hall–Kier alpha value is -2.83. The van der Waals surface area contributed by atoms with E-state index in [1.165, 1.54) is 10.9 Å². The van der Waals surface area contributed by atoms with Crippen LogP contribution in [0.5, 0.6) is 0 Å². The number of nitrogens with one attached hydrogen (secondary N) is 2. The van der Waals surface area contributed by atoms with E-state index < -0.39 is 11.6 Å². The monoisotopic (exact) mass is 422 g/mol. The number of rotatable bonds is 3. The van der Waals surface area contributed by atoms with Crippen LogP contribution in [0.2, 0.25) is 0 Å². The molecule has 2 aromatic rings. The number of likely N-dealkylation sites (tertiary alicyclic amines) is 1. The van der Waals surface area contributed by atoms with Crippen LogP contribution < -0.4 is 5.32 Å². The van der Waals surface area contributed by atoms with Crippen molar-refractivity contribution in [2.75, 3.05) is 19.6 Å². The third-order valence-corrected chi connectivity index (χ3v) is 7.58. The average molecular weight is 423 g/mol. The van der Waals surface area contributed by atoms with Crippen LogP contribution in [0.25, 0.3) is 10.9 Å². The molecule has 31 heavy (non-hydrogen) atoms. The number of urea groups is 1. The van der Waals surface area contributed by atoms with Crippen LogP contribution >= 0.6 is 0 Å². The highest BCUT2D eigenvalue weighted by Gasteiger charge is 2.52. The summed E-state index contributed by atoms with van der Waals surface area (Å²) < 4.78 is 0. The summed E-state index contributed by atoms with van der Waals surface area (Å²) in [5.74, 6) is 0.627. The number of carbonyl (C=O) groups is 3. The predicted octanol–water partition coefficient (Wildman–Crippen LogP) is 3.37. The van der Waals surface area contributed by atoms with Gasteiger partial charge in [-0.15, -0.1) is 0 Å². The van der Waals surface area contributed by atoms with Crippen LogP contribution in [0.3, 0.4) is 0 Å². The van der Waals surface area contributed by atoms with E-state index in [4.69, 9.17) is 0 Å². The number of aromatic nitrogens is 1. The second-order valence-electron chi connectivity index (χ2n) is 9.53. The van der Waals surface area contributed by atoms with Crippen molar-refractivity contribution in [1.29, 1.82) is 0 Å². The maximum atomic E-state index is 13.0. The Balaban J connectivity index is 1.20. The topological polar surface area (TPSA) is 85.5 Å². The minimum absolute atomic E-state index is 0.137. The molecule has 0 bridgehead atoms. The second kappa shape index (κ2) is 7.70. The summed E-state index contributed by atoms with van der Waals surface area (Å²) in [6.07, 6.45) is 7.04. The predicted molar refractivity (Wildman–Crippen MR) is 117 cm³/mol. The molecular weight excluding hydrogens is 392 g/mol. The Morgan fingerprint density at radius 1 is 1.10 bits per heavy atom. The molecule has 2 aliphatic heterocycles. The molecule has 3 aliphatic rings. The lowest BCUT2D eigenvalue weighted by atomic mass is 9.77. The van der Waals surface area contributed by atoms with Crippen molar-refractivity contribution in [2.45, 2.75) is 56.9 Å². The van der Waals surface area contributed by atoms with E-state index in [-0.39, 0.29) is 18.4 Å². The molecule has 7 heteroatoms. The number of fused-ring (bicyclic) bond motifs is 1. The summed E-state index contributed by atoms with van der Waals surface area (Å²) in [7, 11) is 0. The molecule has 164 valence electrons. The smallest absolute Gasteiger partial charge is 0.325 e. The molecule has 1 aliphatic carbocycles. The maximum Gasteiger partial charge on any atom is 0.325 e. The van der Waals surface area contributed by atoms with Gasteiger partial charge in [0, 0.05) is 30.2 Å². The number of piperidine rings is 1. The van der Waals surface area contributed by atoms with Gasteiger partial charge in [-0.25, -0.2) is 4.79 Å². The van der Waals surface area contributed by atoms with Gasteiger partial charge in [0.1, 0.15) is 12.1 Å². The van der Waals surface area contributed by atoms with Gasteiger partial charge in [0.15, 0.2) is 0 Å². The van der Waals surface area contributed by atoms with Crippen LogP contribution in [0, 0.1) is 5.92 Å². The maximum absolute atomic E-state index is 13.0. The van der Waals surface area contributed by atoms with Crippen LogP contribution in [0.15, 0.2) is 30.5 Å². The van der Waals surface area contributed by atoms with Crippen molar-refractivity contribution in [3.8, 4) is 0 Å². The molecule has 0 radical (unpaired) electrons. The molecule has 1 aromatic heterocycles. The highest BCUT2D eigenvalue weighted by molar-refractivity contribution is 6.09. The van der Waals surface area contributed by atoms with Crippen LogP contribution in [0.4, 0.5) is 4.79 Å². The van der Waals surface area contributed by atoms with Crippen molar-refractivity contribution in [3.63, 3.8) is 0 Å². The fourth-order valence-electron chi connectivity index (χ4n) is 5.52. The van der Waals surface area contributed by atoms with Crippen molar-refractivity contribution in [1.82, 2.24) is 20.1 Å². The van der Waals surface area contributed by atoms with E-state index >= 15 is 0 Å². The standard InChI is InChI=1S/C24H30N4O3/c1-16-6-10-24(11-7-16)22(30)28(23(31)26-24)15-21(29)27-12-8-17(9-13-27)19-14-25-20-5-3-2-4-18(19)20/h2-5,14,16-17,25H,6-13,15H2,1H3,(H,26,31).